The molecule has 2 aromatic carbocycles. The zero-order chi connectivity index (χ0) is 18.6. The first-order valence-electron chi connectivity index (χ1n) is 7.52. The fourth-order valence-electron chi connectivity index (χ4n) is 2.53. The van der Waals surface area contributed by atoms with Crippen LogP contribution in [0.15, 0.2) is 71.9 Å². The summed E-state index contributed by atoms with van der Waals surface area (Å²) in [6, 6.07) is 20.7. The van der Waals surface area contributed by atoms with Gasteiger partial charge in [-0.25, -0.2) is 23.6 Å². The lowest BCUT2D eigenvalue weighted by Gasteiger charge is -2.17. The molecule has 4 rings (SSSR count). The van der Waals surface area contributed by atoms with Crippen molar-refractivity contribution in [1.29, 1.82) is 0 Å². The lowest BCUT2D eigenvalue weighted by Crippen LogP contribution is -2.68. The summed E-state index contributed by atoms with van der Waals surface area (Å²) in [5.74, 6) is 0. The Hall–Kier alpha value is -2.81. The molecule has 0 unspecified atom stereocenters. The molecule has 1 N–H and O–H groups in total. The van der Waals surface area contributed by atoms with Crippen LogP contribution in [0.25, 0.3) is 22.5 Å². The predicted octanol–water partition coefficient (Wildman–Crippen LogP) is -1.55. The second-order valence-corrected chi connectivity index (χ2v) is 6.12. The molecule has 0 fully saturated rings. The molecule has 7 nitrogen and oxygen atoms in total. The molecule has 0 bridgehead atoms. The average Bonchev–Trinajstić information content (AvgIpc) is 2.60. The van der Waals surface area contributed by atoms with Crippen LogP contribution in [0.5, 0.6) is 0 Å². The fraction of sp³-hybridized carbons (Fsp3) is 0. The van der Waals surface area contributed by atoms with Crippen LogP contribution in [0, 0.1) is 10.2 Å². The van der Waals surface area contributed by atoms with Crippen LogP contribution in [0.1, 0.15) is 11.3 Å². The first-order valence-corrected chi connectivity index (χ1v) is 8.76. The van der Waals surface area contributed by atoms with Crippen LogP contribution in [-0.4, -0.2) is 6.34 Å². The Morgan fingerprint density at radius 1 is 0.885 bits per heavy atom. The van der Waals surface area contributed by atoms with Crippen LogP contribution >= 0.6 is 0 Å². The Bertz CT molecular complexity index is 963. The number of benzene rings is 2. The van der Waals surface area contributed by atoms with Crippen molar-refractivity contribution in [3.05, 3.63) is 78.1 Å². The van der Waals surface area contributed by atoms with Crippen molar-refractivity contribution >= 4 is 28.9 Å². The molecule has 1 aliphatic heterocycles. The van der Waals surface area contributed by atoms with Crippen molar-refractivity contribution in [3.8, 4) is 0 Å². The molecular weight excluding hydrogens is 358 g/mol. The number of pyridine rings is 1. The predicted molar refractivity (Wildman–Crippen MR) is 86.3 cm³/mol. The van der Waals surface area contributed by atoms with Crippen molar-refractivity contribution in [3.63, 3.8) is 0 Å². The Kier molecular flexibility index (Phi) is 5.27. The molecule has 0 amide bonds. The summed E-state index contributed by atoms with van der Waals surface area (Å²) in [5.41, 5.74) is 6.30. The summed E-state index contributed by atoms with van der Waals surface area (Å²) >= 11 is 0. The molecule has 2 heterocycles. The topological polar surface area (TPSA) is 121 Å². The van der Waals surface area contributed by atoms with E-state index in [1.165, 1.54) is 10.8 Å². The highest BCUT2D eigenvalue weighted by atomic mass is 35.7. The van der Waals surface area contributed by atoms with E-state index < -0.39 is 10.2 Å². The molecule has 132 valence electrons. The number of hydrogen-bond acceptors (Lipinski definition) is 6. The third kappa shape index (κ3) is 4.85. The zero-order valence-corrected chi connectivity index (χ0v) is 14.2. The molecule has 3 aromatic rings. The first-order chi connectivity index (χ1) is 12.4. The van der Waals surface area contributed by atoms with E-state index in [0.29, 0.717) is 0 Å². The minimum Gasteiger partial charge on any atom is -0.226 e. The standard InChI is InChI=1S/C18H14N3.ClHO4/c1-2-6-14(7-3-1)10-17-18-11-15-8-4-5-9-16(15)12-21(18)20-13-19-17;2-1(3,4)5/h1-13H,(H,19,20);(H,2,3,4,5)/q+1;/p-1/b17-10+;. The molecule has 0 atom stereocenters. The Morgan fingerprint density at radius 3 is 2.19 bits per heavy atom. The van der Waals surface area contributed by atoms with Gasteiger partial charge in [-0.2, -0.15) is 0 Å². The molecule has 0 saturated heterocycles. The maximum Gasteiger partial charge on any atom is 0.261 e. The van der Waals surface area contributed by atoms with Crippen molar-refractivity contribution in [1.82, 2.24) is 0 Å². The Morgan fingerprint density at radius 2 is 1.50 bits per heavy atom. The number of nitrogens with zero attached hydrogens (tertiary/aromatic N) is 2. The van der Waals surface area contributed by atoms with Gasteiger partial charge in [-0.3, -0.25) is 0 Å². The van der Waals surface area contributed by atoms with Gasteiger partial charge in [-0.15, -0.1) is 15.7 Å². The third-order valence-corrected chi connectivity index (χ3v) is 3.58. The summed E-state index contributed by atoms with van der Waals surface area (Å²) < 4.78 is 36.0. The van der Waals surface area contributed by atoms with Crippen molar-refractivity contribution in [2.45, 2.75) is 0 Å². The van der Waals surface area contributed by atoms with Crippen LogP contribution in [0.3, 0.4) is 0 Å². The van der Waals surface area contributed by atoms with Crippen LogP contribution in [0.2, 0.25) is 0 Å². The molecule has 1 aliphatic rings. The van der Waals surface area contributed by atoms with Crippen LogP contribution in [0.4, 0.5) is 0 Å². The van der Waals surface area contributed by atoms with Gasteiger partial charge in [0.15, 0.2) is 0 Å². The van der Waals surface area contributed by atoms with Gasteiger partial charge >= 0.3 is 0 Å². The third-order valence-electron chi connectivity index (χ3n) is 3.58. The highest BCUT2D eigenvalue weighted by Gasteiger charge is 2.20. The highest BCUT2D eigenvalue weighted by Crippen LogP contribution is 2.21. The monoisotopic (exact) mass is 371 g/mol. The first kappa shape index (κ1) is 18.0. The molecule has 8 heteroatoms. The number of aliphatic imine (C=N–C) groups is 1. The van der Waals surface area contributed by atoms with Gasteiger partial charge in [0.25, 0.3) is 5.69 Å². The molecule has 0 spiro atoms. The number of aromatic nitrogens is 1. The normalized spacial score (nSPS) is 14.4. The van der Waals surface area contributed by atoms with E-state index in [2.05, 4.69) is 59.1 Å². The molecule has 0 saturated carbocycles. The van der Waals surface area contributed by atoms with E-state index in [-0.39, 0.29) is 0 Å². The van der Waals surface area contributed by atoms with Crippen molar-refractivity contribution in [2.24, 2.45) is 4.99 Å². The lowest BCUT2D eigenvalue weighted by atomic mass is 10.1. The van der Waals surface area contributed by atoms with E-state index in [1.807, 2.05) is 28.9 Å². The number of halogens is 1. The summed E-state index contributed by atoms with van der Waals surface area (Å²) in [7, 11) is -4.94. The second-order valence-electron chi connectivity index (χ2n) is 5.36. The molecule has 26 heavy (non-hydrogen) atoms. The van der Waals surface area contributed by atoms with Gasteiger partial charge in [-0.05, 0) is 23.1 Å². The molecule has 0 aliphatic carbocycles. The summed E-state index contributed by atoms with van der Waals surface area (Å²) in [6.45, 7) is 0. The SMILES string of the molecule is C1=N/C(=C/c2ccccc2)c2cc3ccccc3c[n+]2N1.[O-][Cl+3]([O-])([O-])[O-]. The maximum atomic E-state index is 8.49. The lowest BCUT2D eigenvalue weighted by molar-refractivity contribution is -2.00. The molecular formula is C18H14ClN3O4. The van der Waals surface area contributed by atoms with Gasteiger partial charge in [0, 0.05) is 11.5 Å². The van der Waals surface area contributed by atoms with E-state index in [9.17, 15) is 0 Å². The number of rotatable bonds is 1. The minimum atomic E-state index is -4.94. The van der Waals surface area contributed by atoms with E-state index in [1.54, 1.807) is 6.34 Å². The van der Waals surface area contributed by atoms with Crippen LogP contribution in [-0.2, 0) is 0 Å². The zero-order valence-electron chi connectivity index (χ0n) is 13.4. The van der Waals surface area contributed by atoms with Gasteiger partial charge in [-0.1, -0.05) is 53.2 Å². The summed E-state index contributed by atoms with van der Waals surface area (Å²) in [5, 5.41) is 2.41. The summed E-state index contributed by atoms with van der Waals surface area (Å²) in [4.78, 5) is 4.48. The second kappa shape index (κ2) is 7.61. The van der Waals surface area contributed by atoms with E-state index in [4.69, 9.17) is 18.6 Å². The Balaban J connectivity index is 0.000000349. The number of fused-ring (bicyclic) bond motifs is 2. The van der Waals surface area contributed by atoms with E-state index >= 15 is 0 Å². The van der Waals surface area contributed by atoms with Crippen LogP contribution < -0.4 is 28.7 Å². The van der Waals surface area contributed by atoms with Gasteiger partial charge < -0.3 is 0 Å². The smallest absolute Gasteiger partial charge is 0.226 e. The van der Waals surface area contributed by atoms with Gasteiger partial charge in [0.1, 0.15) is 12.0 Å². The quantitative estimate of drug-likeness (QED) is 0.519. The minimum absolute atomic E-state index is 0.950. The van der Waals surface area contributed by atoms with Gasteiger partial charge in [0.05, 0.1) is 0 Å². The maximum absolute atomic E-state index is 8.49. The van der Waals surface area contributed by atoms with Crippen molar-refractivity contribution < 1.29 is 33.6 Å². The fourth-order valence-corrected chi connectivity index (χ4v) is 2.53. The van der Waals surface area contributed by atoms with Crippen molar-refractivity contribution in [2.75, 3.05) is 5.43 Å². The van der Waals surface area contributed by atoms with E-state index in [0.717, 1.165) is 17.0 Å². The Labute approximate surface area is 151 Å². The molecule has 0 radical (unpaired) electrons. The number of nitrogens with one attached hydrogen (secondary N) is 1. The largest absolute Gasteiger partial charge is 0.261 e. The summed E-state index contributed by atoms with van der Waals surface area (Å²) in [6.07, 6.45) is 5.91. The number of hydrogen-bond donors (Lipinski definition) is 1. The van der Waals surface area contributed by atoms with Gasteiger partial charge in [0.2, 0.25) is 6.20 Å². The average molecular weight is 372 g/mol. The highest BCUT2D eigenvalue weighted by molar-refractivity contribution is 5.89. The molecule has 1 aromatic heterocycles.